The van der Waals surface area contributed by atoms with Crippen molar-refractivity contribution in [3.63, 3.8) is 0 Å². The van der Waals surface area contributed by atoms with Crippen molar-refractivity contribution in [3.8, 4) is 0 Å². The lowest BCUT2D eigenvalue weighted by Crippen LogP contribution is -2.22. The minimum atomic E-state index is -0.970. The molecule has 80 valence electrons. The number of carboxylic acids is 1. The first-order valence-electron chi connectivity index (χ1n) is 4.27. The maximum Gasteiger partial charge on any atom is 0.407 e. The van der Waals surface area contributed by atoms with Crippen molar-refractivity contribution < 1.29 is 19.4 Å². The first kappa shape index (κ1) is 11.0. The second-order valence-electron chi connectivity index (χ2n) is 2.85. The molecule has 0 saturated heterocycles. The van der Waals surface area contributed by atoms with Crippen LogP contribution in [-0.4, -0.2) is 24.3 Å². The van der Waals surface area contributed by atoms with Gasteiger partial charge in [0.15, 0.2) is 0 Å². The highest BCUT2D eigenvalue weighted by Gasteiger charge is 2.02. The molecule has 0 atom stereocenters. The van der Waals surface area contributed by atoms with Gasteiger partial charge in [0.25, 0.3) is 0 Å². The number of carbonyl (C=O) groups excluding carboxylic acids is 1. The molecule has 0 spiro atoms. The summed E-state index contributed by atoms with van der Waals surface area (Å²) in [5.41, 5.74) is 1.03. The Kier molecular flexibility index (Phi) is 3.68. The topological polar surface area (TPSA) is 75.6 Å². The Bertz CT molecular complexity index is 358. The number of carboxylic acid groups (broad SMARTS) is 1. The van der Waals surface area contributed by atoms with E-state index in [0.29, 0.717) is 6.54 Å². The molecule has 2 N–H and O–H groups in total. The minimum absolute atomic E-state index is 0.219. The highest BCUT2D eigenvalue weighted by Crippen LogP contribution is 2.04. The van der Waals surface area contributed by atoms with Crippen LogP contribution in [0.3, 0.4) is 0 Å². The standard InChI is InChI=1S/C10H11NO4/c1-15-10(14)11-6-7-2-4-8(5-3-7)9(12)13/h2-5H,6H2,1H3,(H,11,14)(H,12,13). The van der Waals surface area contributed by atoms with Gasteiger partial charge >= 0.3 is 12.1 Å². The van der Waals surface area contributed by atoms with E-state index in [-0.39, 0.29) is 5.56 Å². The van der Waals surface area contributed by atoms with Gasteiger partial charge < -0.3 is 15.2 Å². The fourth-order valence-corrected chi connectivity index (χ4v) is 1.01. The number of amides is 1. The first-order valence-corrected chi connectivity index (χ1v) is 4.27. The minimum Gasteiger partial charge on any atom is -0.478 e. The number of ether oxygens (including phenoxy) is 1. The monoisotopic (exact) mass is 209 g/mol. The van der Waals surface area contributed by atoms with Crippen LogP contribution in [-0.2, 0) is 11.3 Å². The van der Waals surface area contributed by atoms with Gasteiger partial charge in [-0.25, -0.2) is 9.59 Å². The molecule has 5 nitrogen and oxygen atoms in total. The van der Waals surface area contributed by atoms with Gasteiger partial charge in [0, 0.05) is 6.54 Å². The molecule has 0 bridgehead atoms. The molecule has 0 aliphatic carbocycles. The Labute approximate surface area is 86.7 Å². The lowest BCUT2D eigenvalue weighted by atomic mass is 10.1. The van der Waals surface area contributed by atoms with E-state index in [1.165, 1.54) is 19.2 Å². The van der Waals surface area contributed by atoms with Crippen molar-refractivity contribution in [2.75, 3.05) is 7.11 Å². The largest absolute Gasteiger partial charge is 0.478 e. The Morgan fingerprint density at radius 3 is 2.40 bits per heavy atom. The number of hydrogen-bond donors (Lipinski definition) is 2. The van der Waals surface area contributed by atoms with Crippen LogP contribution in [0.15, 0.2) is 24.3 Å². The molecular formula is C10H11NO4. The molecule has 1 aromatic rings. The van der Waals surface area contributed by atoms with E-state index >= 15 is 0 Å². The van der Waals surface area contributed by atoms with Crippen LogP contribution < -0.4 is 5.32 Å². The summed E-state index contributed by atoms with van der Waals surface area (Å²) in [6.45, 7) is 0.312. The molecular weight excluding hydrogens is 198 g/mol. The highest BCUT2D eigenvalue weighted by molar-refractivity contribution is 5.87. The number of nitrogens with one attached hydrogen (secondary N) is 1. The lowest BCUT2D eigenvalue weighted by molar-refractivity contribution is 0.0697. The van der Waals surface area contributed by atoms with Gasteiger partial charge in [-0.15, -0.1) is 0 Å². The Morgan fingerprint density at radius 2 is 1.93 bits per heavy atom. The molecule has 15 heavy (non-hydrogen) atoms. The van der Waals surface area contributed by atoms with Crippen molar-refractivity contribution in [2.24, 2.45) is 0 Å². The number of rotatable bonds is 3. The number of hydrogen-bond acceptors (Lipinski definition) is 3. The van der Waals surface area contributed by atoms with Gasteiger partial charge in [-0.3, -0.25) is 0 Å². The number of benzene rings is 1. The summed E-state index contributed by atoms with van der Waals surface area (Å²) in [4.78, 5) is 21.3. The number of alkyl carbamates (subject to hydrolysis) is 1. The van der Waals surface area contributed by atoms with E-state index in [2.05, 4.69) is 10.1 Å². The Balaban J connectivity index is 2.57. The molecule has 0 radical (unpaired) electrons. The normalized spacial score (nSPS) is 9.40. The van der Waals surface area contributed by atoms with E-state index in [1.54, 1.807) is 12.1 Å². The van der Waals surface area contributed by atoms with Crippen molar-refractivity contribution in [1.82, 2.24) is 5.32 Å². The zero-order valence-electron chi connectivity index (χ0n) is 8.19. The number of carbonyl (C=O) groups is 2. The second-order valence-corrected chi connectivity index (χ2v) is 2.85. The van der Waals surface area contributed by atoms with Gasteiger partial charge in [0.2, 0.25) is 0 Å². The maximum absolute atomic E-state index is 10.7. The number of aromatic carboxylic acids is 1. The molecule has 0 fully saturated rings. The summed E-state index contributed by atoms with van der Waals surface area (Å²) in [6.07, 6.45) is -0.516. The number of methoxy groups -OCH3 is 1. The smallest absolute Gasteiger partial charge is 0.407 e. The van der Waals surface area contributed by atoms with Crippen LogP contribution >= 0.6 is 0 Å². The zero-order valence-corrected chi connectivity index (χ0v) is 8.19. The van der Waals surface area contributed by atoms with Crippen LogP contribution in [0.4, 0.5) is 4.79 Å². The third kappa shape index (κ3) is 3.30. The average Bonchev–Trinajstić information content (AvgIpc) is 2.26. The summed E-state index contributed by atoms with van der Waals surface area (Å²) >= 11 is 0. The molecule has 0 aliphatic rings. The molecule has 1 amide bonds. The Hall–Kier alpha value is -2.04. The van der Waals surface area contributed by atoms with Gasteiger partial charge in [0.1, 0.15) is 0 Å². The van der Waals surface area contributed by atoms with E-state index in [0.717, 1.165) is 5.56 Å². The first-order chi connectivity index (χ1) is 7.13. The van der Waals surface area contributed by atoms with E-state index < -0.39 is 12.1 Å². The maximum atomic E-state index is 10.7. The van der Waals surface area contributed by atoms with E-state index in [1.807, 2.05) is 0 Å². The van der Waals surface area contributed by atoms with Crippen molar-refractivity contribution >= 4 is 12.1 Å². The summed E-state index contributed by atoms with van der Waals surface area (Å²) in [7, 11) is 1.28. The van der Waals surface area contributed by atoms with Crippen LogP contribution in [0, 0.1) is 0 Å². The van der Waals surface area contributed by atoms with Gasteiger partial charge in [0.05, 0.1) is 12.7 Å². The molecule has 0 saturated carbocycles. The van der Waals surface area contributed by atoms with Crippen molar-refractivity contribution in [1.29, 1.82) is 0 Å². The third-order valence-electron chi connectivity index (χ3n) is 1.82. The Morgan fingerprint density at radius 1 is 1.33 bits per heavy atom. The summed E-state index contributed by atoms with van der Waals surface area (Å²) in [5.74, 6) is -0.970. The predicted molar refractivity (Wildman–Crippen MR) is 52.6 cm³/mol. The molecule has 0 aliphatic heterocycles. The predicted octanol–water partition coefficient (Wildman–Crippen LogP) is 1.24. The summed E-state index contributed by atoms with van der Waals surface area (Å²) in [6, 6.07) is 6.24. The van der Waals surface area contributed by atoms with Gasteiger partial charge in [-0.1, -0.05) is 12.1 Å². The van der Waals surface area contributed by atoms with Crippen LogP contribution in [0.25, 0.3) is 0 Å². The highest BCUT2D eigenvalue weighted by atomic mass is 16.5. The third-order valence-corrected chi connectivity index (χ3v) is 1.82. The van der Waals surface area contributed by atoms with Crippen LogP contribution in [0.2, 0.25) is 0 Å². The van der Waals surface area contributed by atoms with Crippen LogP contribution in [0.5, 0.6) is 0 Å². The average molecular weight is 209 g/mol. The SMILES string of the molecule is COC(=O)NCc1ccc(C(=O)O)cc1. The molecule has 0 aromatic heterocycles. The quantitative estimate of drug-likeness (QED) is 0.785. The molecule has 1 aromatic carbocycles. The van der Waals surface area contributed by atoms with Crippen molar-refractivity contribution in [3.05, 3.63) is 35.4 Å². The molecule has 0 unspecified atom stereocenters. The molecule has 1 rings (SSSR count). The second kappa shape index (κ2) is 4.99. The van der Waals surface area contributed by atoms with Gasteiger partial charge in [-0.2, -0.15) is 0 Å². The van der Waals surface area contributed by atoms with E-state index in [4.69, 9.17) is 5.11 Å². The summed E-state index contributed by atoms with van der Waals surface area (Å²) < 4.78 is 4.39. The lowest BCUT2D eigenvalue weighted by Gasteiger charge is -2.03. The summed E-state index contributed by atoms with van der Waals surface area (Å²) in [5, 5.41) is 11.1. The molecule has 0 heterocycles. The zero-order chi connectivity index (χ0) is 11.3. The van der Waals surface area contributed by atoms with Crippen molar-refractivity contribution in [2.45, 2.75) is 6.54 Å². The van der Waals surface area contributed by atoms with Crippen LogP contribution in [0.1, 0.15) is 15.9 Å². The fourth-order valence-electron chi connectivity index (χ4n) is 1.01. The van der Waals surface area contributed by atoms with Gasteiger partial charge in [-0.05, 0) is 17.7 Å². The fraction of sp³-hybridized carbons (Fsp3) is 0.200. The van der Waals surface area contributed by atoms with E-state index in [9.17, 15) is 9.59 Å². The molecule has 5 heteroatoms.